The van der Waals surface area contributed by atoms with E-state index in [1.165, 1.54) is 23.1 Å². The first-order valence-corrected chi connectivity index (χ1v) is 6.26. The zero-order valence-corrected chi connectivity index (χ0v) is 10.7. The first kappa shape index (κ1) is 11.2. The minimum atomic E-state index is -0.0917. The molecule has 1 saturated carbocycles. The van der Waals surface area contributed by atoms with Gasteiger partial charge >= 0.3 is 0 Å². The standard InChI is InChI=1S/C15H16N2O/c1-11-3-8-14(18)17(16-11)13-6-4-12(5-7-13)15(2)9-10-15/h3-8H,9-10H2,1-2H3. The summed E-state index contributed by atoms with van der Waals surface area (Å²) in [6.07, 6.45) is 2.52. The molecule has 1 fully saturated rings. The van der Waals surface area contributed by atoms with Crippen molar-refractivity contribution in [3.63, 3.8) is 0 Å². The van der Waals surface area contributed by atoms with Crippen molar-refractivity contribution < 1.29 is 0 Å². The molecule has 1 aliphatic rings. The summed E-state index contributed by atoms with van der Waals surface area (Å²) in [6.45, 7) is 4.16. The van der Waals surface area contributed by atoms with Crippen molar-refractivity contribution in [2.45, 2.75) is 32.1 Å². The van der Waals surface area contributed by atoms with Crippen LogP contribution in [0.5, 0.6) is 0 Å². The second-order valence-electron chi connectivity index (χ2n) is 5.33. The molecule has 0 spiro atoms. The third kappa shape index (κ3) is 1.86. The van der Waals surface area contributed by atoms with Gasteiger partial charge in [0, 0.05) is 6.07 Å². The topological polar surface area (TPSA) is 34.9 Å². The highest BCUT2D eigenvalue weighted by molar-refractivity contribution is 5.38. The van der Waals surface area contributed by atoms with E-state index in [4.69, 9.17) is 0 Å². The maximum absolute atomic E-state index is 11.8. The minimum Gasteiger partial charge on any atom is -0.267 e. The number of hydrogen-bond donors (Lipinski definition) is 0. The molecule has 3 nitrogen and oxygen atoms in total. The van der Waals surface area contributed by atoms with Crippen LogP contribution in [0.4, 0.5) is 0 Å². The Morgan fingerprint density at radius 1 is 1.11 bits per heavy atom. The SMILES string of the molecule is Cc1ccc(=O)n(-c2ccc(C3(C)CC3)cc2)n1. The molecule has 0 atom stereocenters. The second kappa shape index (κ2) is 3.80. The molecular formula is C15H16N2O. The van der Waals surface area contributed by atoms with Crippen LogP contribution < -0.4 is 5.56 Å². The molecule has 3 heteroatoms. The minimum absolute atomic E-state index is 0.0917. The number of aromatic nitrogens is 2. The summed E-state index contributed by atoms with van der Waals surface area (Å²) in [5, 5.41) is 4.25. The summed E-state index contributed by atoms with van der Waals surface area (Å²) in [7, 11) is 0. The van der Waals surface area contributed by atoms with Crippen molar-refractivity contribution in [3.05, 3.63) is 58.0 Å². The quantitative estimate of drug-likeness (QED) is 0.808. The van der Waals surface area contributed by atoms with Crippen LogP contribution in [0, 0.1) is 6.92 Å². The van der Waals surface area contributed by atoms with Crippen LogP contribution in [0.25, 0.3) is 5.69 Å². The van der Waals surface area contributed by atoms with Crippen molar-refractivity contribution in [2.24, 2.45) is 0 Å². The summed E-state index contributed by atoms with van der Waals surface area (Å²) in [5.41, 5.74) is 3.30. The van der Waals surface area contributed by atoms with E-state index < -0.39 is 0 Å². The van der Waals surface area contributed by atoms with Gasteiger partial charge in [-0.25, -0.2) is 0 Å². The summed E-state index contributed by atoms with van der Waals surface area (Å²) in [5.74, 6) is 0. The van der Waals surface area contributed by atoms with Gasteiger partial charge in [-0.05, 0) is 48.9 Å². The molecule has 0 bridgehead atoms. The van der Waals surface area contributed by atoms with Crippen LogP contribution in [-0.4, -0.2) is 9.78 Å². The third-order valence-corrected chi connectivity index (χ3v) is 3.74. The van der Waals surface area contributed by atoms with E-state index in [0.29, 0.717) is 5.41 Å². The second-order valence-corrected chi connectivity index (χ2v) is 5.33. The average molecular weight is 240 g/mol. The molecule has 92 valence electrons. The molecule has 2 aromatic rings. The predicted molar refractivity (Wildman–Crippen MR) is 71.2 cm³/mol. The van der Waals surface area contributed by atoms with Gasteiger partial charge in [-0.3, -0.25) is 4.79 Å². The Morgan fingerprint density at radius 2 is 1.78 bits per heavy atom. The fraction of sp³-hybridized carbons (Fsp3) is 0.333. The maximum atomic E-state index is 11.8. The molecule has 0 aliphatic heterocycles. The molecule has 0 N–H and O–H groups in total. The zero-order valence-electron chi connectivity index (χ0n) is 10.7. The van der Waals surface area contributed by atoms with Crippen LogP contribution in [0.3, 0.4) is 0 Å². The van der Waals surface area contributed by atoms with Crippen LogP contribution >= 0.6 is 0 Å². The van der Waals surface area contributed by atoms with Gasteiger partial charge < -0.3 is 0 Å². The normalized spacial score (nSPS) is 16.6. The lowest BCUT2D eigenvalue weighted by Crippen LogP contribution is -2.20. The Labute approximate surface area is 106 Å². The summed E-state index contributed by atoms with van der Waals surface area (Å²) in [6, 6.07) is 11.5. The van der Waals surface area contributed by atoms with Crippen LogP contribution in [0.15, 0.2) is 41.2 Å². The Kier molecular flexibility index (Phi) is 2.37. The molecular weight excluding hydrogens is 224 g/mol. The Morgan fingerprint density at radius 3 is 2.39 bits per heavy atom. The zero-order chi connectivity index (χ0) is 12.8. The molecule has 0 radical (unpaired) electrons. The van der Waals surface area contributed by atoms with E-state index in [-0.39, 0.29) is 5.56 Å². The van der Waals surface area contributed by atoms with E-state index in [9.17, 15) is 4.79 Å². The van der Waals surface area contributed by atoms with Gasteiger partial charge in [-0.1, -0.05) is 19.1 Å². The lowest BCUT2D eigenvalue weighted by molar-refractivity contribution is 0.771. The number of nitrogens with zero attached hydrogens (tertiary/aromatic N) is 2. The van der Waals surface area contributed by atoms with Crippen molar-refractivity contribution in [1.82, 2.24) is 9.78 Å². The van der Waals surface area contributed by atoms with E-state index >= 15 is 0 Å². The fourth-order valence-electron chi connectivity index (χ4n) is 2.17. The van der Waals surface area contributed by atoms with Gasteiger partial charge in [-0.2, -0.15) is 9.78 Å². The molecule has 3 rings (SSSR count). The Hall–Kier alpha value is -1.90. The summed E-state index contributed by atoms with van der Waals surface area (Å²) in [4.78, 5) is 11.8. The van der Waals surface area contributed by atoms with Crippen molar-refractivity contribution >= 4 is 0 Å². The van der Waals surface area contributed by atoms with Crippen LogP contribution in [0.2, 0.25) is 0 Å². The van der Waals surface area contributed by atoms with Gasteiger partial charge in [0.25, 0.3) is 5.56 Å². The highest BCUT2D eigenvalue weighted by Gasteiger charge is 2.38. The highest BCUT2D eigenvalue weighted by atomic mass is 16.1. The molecule has 1 aromatic carbocycles. The molecule has 1 aromatic heterocycles. The maximum Gasteiger partial charge on any atom is 0.271 e. The predicted octanol–water partition coefficient (Wildman–Crippen LogP) is 2.59. The van der Waals surface area contributed by atoms with Crippen molar-refractivity contribution in [1.29, 1.82) is 0 Å². The first-order chi connectivity index (χ1) is 8.58. The van der Waals surface area contributed by atoms with E-state index in [1.54, 1.807) is 12.1 Å². The molecule has 0 unspecified atom stereocenters. The molecule has 18 heavy (non-hydrogen) atoms. The monoisotopic (exact) mass is 240 g/mol. The number of aryl methyl sites for hydroxylation is 1. The lowest BCUT2D eigenvalue weighted by atomic mass is 9.98. The van der Waals surface area contributed by atoms with Crippen molar-refractivity contribution in [3.8, 4) is 5.69 Å². The summed E-state index contributed by atoms with van der Waals surface area (Å²) < 4.78 is 1.45. The van der Waals surface area contributed by atoms with Crippen LogP contribution in [-0.2, 0) is 5.41 Å². The third-order valence-electron chi connectivity index (χ3n) is 3.74. The average Bonchev–Trinajstić information content (AvgIpc) is 3.12. The highest BCUT2D eigenvalue weighted by Crippen LogP contribution is 2.47. The smallest absolute Gasteiger partial charge is 0.267 e. The number of rotatable bonds is 2. The van der Waals surface area contributed by atoms with Gasteiger partial charge in [0.1, 0.15) is 0 Å². The van der Waals surface area contributed by atoms with Gasteiger partial charge in [0.2, 0.25) is 0 Å². The van der Waals surface area contributed by atoms with E-state index in [0.717, 1.165) is 11.4 Å². The number of hydrogen-bond acceptors (Lipinski definition) is 2. The Bertz CT molecular complexity index is 636. The Balaban J connectivity index is 2.02. The molecule has 1 heterocycles. The van der Waals surface area contributed by atoms with E-state index in [2.05, 4.69) is 24.2 Å². The fourth-order valence-corrected chi connectivity index (χ4v) is 2.17. The van der Waals surface area contributed by atoms with E-state index in [1.807, 2.05) is 19.1 Å². The lowest BCUT2D eigenvalue weighted by Gasteiger charge is -2.10. The largest absolute Gasteiger partial charge is 0.271 e. The van der Waals surface area contributed by atoms with Crippen molar-refractivity contribution in [2.75, 3.05) is 0 Å². The molecule has 0 saturated heterocycles. The first-order valence-electron chi connectivity index (χ1n) is 6.26. The molecule has 1 aliphatic carbocycles. The van der Waals surface area contributed by atoms with Gasteiger partial charge in [0.05, 0.1) is 11.4 Å². The van der Waals surface area contributed by atoms with Gasteiger partial charge in [-0.15, -0.1) is 0 Å². The van der Waals surface area contributed by atoms with Gasteiger partial charge in [0.15, 0.2) is 0 Å². The van der Waals surface area contributed by atoms with Crippen LogP contribution in [0.1, 0.15) is 31.0 Å². The molecule has 0 amide bonds. The number of benzene rings is 1. The summed E-state index contributed by atoms with van der Waals surface area (Å²) >= 11 is 0.